The number of phenols is 7. The zero-order chi connectivity index (χ0) is 33.1. The second-order valence-corrected chi connectivity index (χ2v) is 10.2. The maximum absolute atomic E-state index is 13.7. The highest BCUT2D eigenvalue weighted by molar-refractivity contribution is 5.94. The predicted octanol–water partition coefficient (Wildman–Crippen LogP) is 1.13. The van der Waals surface area contributed by atoms with Gasteiger partial charge in [-0.25, -0.2) is 4.79 Å². The molecule has 16 heteroatoms. The number of carbonyl (C=O) groups is 1. The first-order chi connectivity index (χ1) is 21.1. The van der Waals surface area contributed by atoms with Crippen molar-refractivity contribution >= 4 is 16.9 Å². The van der Waals surface area contributed by atoms with Crippen LogP contribution in [-0.4, -0.2) is 87.7 Å². The van der Waals surface area contributed by atoms with Gasteiger partial charge in [-0.15, -0.1) is 0 Å². The van der Waals surface area contributed by atoms with Crippen LogP contribution in [0.3, 0.4) is 0 Å². The number of hydrogen-bond donors (Lipinski definition) is 10. The lowest BCUT2D eigenvalue weighted by Crippen LogP contribution is -2.58. The predicted molar refractivity (Wildman–Crippen MR) is 149 cm³/mol. The van der Waals surface area contributed by atoms with Crippen LogP contribution >= 0.6 is 0 Å². The number of phenolic OH excluding ortho intramolecular Hbond substituents is 7. The molecule has 10 N–H and O–H groups in total. The third kappa shape index (κ3) is 5.31. The van der Waals surface area contributed by atoms with E-state index in [9.17, 15) is 60.7 Å². The fourth-order valence-corrected chi connectivity index (χ4v) is 4.70. The van der Waals surface area contributed by atoms with Gasteiger partial charge < -0.3 is 69.7 Å². The van der Waals surface area contributed by atoms with Crippen LogP contribution in [0.1, 0.15) is 22.8 Å². The lowest BCUT2D eigenvalue weighted by Gasteiger charge is -2.38. The molecule has 0 amide bonds. The highest BCUT2D eigenvalue weighted by atomic mass is 16.7. The fourth-order valence-electron chi connectivity index (χ4n) is 4.70. The Bertz CT molecular complexity index is 1870. The summed E-state index contributed by atoms with van der Waals surface area (Å²) in [4.78, 5) is 26.5. The number of hydrogen-bond acceptors (Lipinski definition) is 16. The van der Waals surface area contributed by atoms with Gasteiger partial charge in [-0.05, 0) is 32.0 Å². The van der Waals surface area contributed by atoms with Crippen LogP contribution < -0.4 is 14.9 Å². The van der Waals surface area contributed by atoms with Gasteiger partial charge >= 0.3 is 5.97 Å². The van der Waals surface area contributed by atoms with Crippen LogP contribution in [0.25, 0.3) is 22.3 Å². The number of carbonyl (C=O) groups excluding carboxylic acids is 1. The molecule has 0 radical (unpaired) electrons. The molecule has 0 spiro atoms. The molecule has 16 nitrogen and oxygen atoms in total. The number of rotatable bonds is 5. The normalized spacial score (nSPS) is 21.5. The summed E-state index contributed by atoms with van der Waals surface area (Å²) in [6, 6.07) is 4.24. The lowest BCUT2D eigenvalue weighted by molar-refractivity contribution is -0.268. The molecule has 3 aromatic carbocycles. The molecule has 5 atom stereocenters. The average Bonchev–Trinajstić information content (AvgIpc) is 2.98. The van der Waals surface area contributed by atoms with Crippen LogP contribution in [0.4, 0.5) is 0 Å². The number of aliphatic hydroxyl groups excluding tert-OH is 3. The molecule has 1 saturated heterocycles. The van der Waals surface area contributed by atoms with Gasteiger partial charge in [0.15, 0.2) is 34.5 Å². The third-order valence-corrected chi connectivity index (χ3v) is 7.21. The first-order valence-electron chi connectivity index (χ1n) is 13.0. The Morgan fingerprint density at radius 1 is 0.800 bits per heavy atom. The Morgan fingerprint density at radius 2 is 1.44 bits per heavy atom. The van der Waals surface area contributed by atoms with Crippen molar-refractivity contribution < 1.29 is 74.5 Å². The molecule has 1 fully saturated rings. The van der Waals surface area contributed by atoms with Crippen LogP contribution in [0.2, 0.25) is 0 Å². The molecular weight excluding hydrogens is 604 g/mol. The minimum Gasteiger partial charge on any atom is -0.508 e. The monoisotopic (exact) mass is 630 g/mol. The number of ether oxygens (including phenoxy) is 3. The summed E-state index contributed by atoms with van der Waals surface area (Å²) in [6.45, 7) is 2.61. The van der Waals surface area contributed by atoms with Gasteiger partial charge in [0.25, 0.3) is 0 Å². The molecule has 0 saturated carbocycles. The molecule has 2 unspecified atom stereocenters. The van der Waals surface area contributed by atoms with E-state index in [1.54, 1.807) is 0 Å². The number of esters is 1. The zero-order valence-corrected chi connectivity index (χ0v) is 23.2. The minimum atomic E-state index is -1.91. The van der Waals surface area contributed by atoms with Crippen molar-refractivity contribution in [2.75, 3.05) is 0 Å². The Kier molecular flexibility index (Phi) is 7.76. The van der Waals surface area contributed by atoms with Gasteiger partial charge in [0, 0.05) is 23.3 Å². The summed E-state index contributed by atoms with van der Waals surface area (Å²) in [6.07, 6.45) is -8.10. The SMILES string of the molecule is Cc1c(-c2oc3cc(O)cc(O)c3c(=O)c2O[C@@H]2OC(C)[C@H](O)C(O)[C@@H]2O)cc(OC(=O)c2cc(O)c(O)c(O)c2)c(O)c1O. The number of aliphatic hydroxyl groups is 3. The Balaban J connectivity index is 1.69. The van der Waals surface area contributed by atoms with Crippen molar-refractivity contribution in [3.63, 3.8) is 0 Å². The second-order valence-electron chi connectivity index (χ2n) is 10.2. The molecule has 5 rings (SSSR count). The van der Waals surface area contributed by atoms with E-state index in [2.05, 4.69) is 0 Å². The Morgan fingerprint density at radius 3 is 2.09 bits per heavy atom. The largest absolute Gasteiger partial charge is 0.508 e. The van der Waals surface area contributed by atoms with Gasteiger partial charge in [-0.3, -0.25) is 4.79 Å². The summed E-state index contributed by atoms with van der Waals surface area (Å²) in [7, 11) is 0. The third-order valence-electron chi connectivity index (χ3n) is 7.21. The first kappa shape index (κ1) is 31.0. The summed E-state index contributed by atoms with van der Waals surface area (Å²) in [5, 5.41) is 101. The molecule has 1 aliphatic heterocycles. The summed E-state index contributed by atoms with van der Waals surface area (Å²) in [5.74, 6) is -9.11. The molecule has 1 aromatic heterocycles. The fraction of sp³-hybridized carbons (Fsp3) is 0.241. The number of benzene rings is 3. The summed E-state index contributed by atoms with van der Waals surface area (Å²) in [5.41, 5.74) is -2.44. The standard InChI is InChI=1S/C29H26O16/c1-8-12(7-17(22(37)19(8)34)44-28(41)10-3-14(32)21(36)15(33)4-10)26-27(45-29-25(40)24(39)20(35)9(2)42-29)23(38)18-13(31)5-11(30)6-16(18)43-26/h3-7,9,20,24-25,29-37,39-40H,1-2H3/t9?,20-,24?,25-,29-/m0/s1. The van der Waals surface area contributed by atoms with Crippen molar-refractivity contribution in [2.45, 2.75) is 44.6 Å². The van der Waals surface area contributed by atoms with Gasteiger partial charge in [-0.1, -0.05) is 0 Å². The van der Waals surface area contributed by atoms with Crippen molar-refractivity contribution in [1.29, 1.82) is 0 Å². The summed E-state index contributed by atoms with van der Waals surface area (Å²) < 4.78 is 22.1. The summed E-state index contributed by atoms with van der Waals surface area (Å²) >= 11 is 0. The maximum Gasteiger partial charge on any atom is 0.343 e. The number of fused-ring (bicyclic) bond motifs is 1. The maximum atomic E-state index is 13.7. The van der Waals surface area contributed by atoms with Crippen LogP contribution in [0.15, 0.2) is 39.5 Å². The lowest BCUT2D eigenvalue weighted by atomic mass is 9.99. The van der Waals surface area contributed by atoms with Gasteiger partial charge in [0.1, 0.15) is 40.8 Å². The molecule has 1 aliphatic rings. The van der Waals surface area contributed by atoms with E-state index in [1.165, 1.54) is 13.8 Å². The second kappa shape index (κ2) is 11.3. The number of aromatic hydroxyl groups is 7. The molecule has 238 valence electrons. The van der Waals surface area contributed by atoms with E-state index >= 15 is 0 Å². The smallest absolute Gasteiger partial charge is 0.343 e. The van der Waals surface area contributed by atoms with Crippen LogP contribution in [0, 0.1) is 6.92 Å². The Labute approximate surface area is 251 Å². The molecule has 45 heavy (non-hydrogen) atoms. The molecule has 0 aliphatic carbocycles. The molecule has 4 aromatic rings. The highest BCUT2D eigenvalue weighted by Gasteiger charge is 2.44. The molecule has 0 bridgehead atoms. The van der Waals surface area contributed by atoms with E-state index in [4.69, 9.17) is 18.6 Å². The quantitative estimate of drug-likeness (QED) is 0.0840. The van der Waals surface area contributed by atoms with Crippen molar-refractivity contribution in [1.82, 2.24) is 0 Å². The van der Waals surface area contributed by atoms with Crippen molar-refractivity contribution in [3.05, 3.63) is 51.7 Å². The molecule has 2 heterocycles. The Hall–Kier alpha value is -5.42. The zero-order valence-electron chi connectivity index (χ0n) is 23.2. The average molecular weight is 631 g/mol. The topological polar surface area (TPSA) is 277 Å². The first-order valence-corrected chi connectivity index (χ1v) is 13.0. The van der Waals surface area contributed by atoms with E-state index in [0.29, 0.717) is 0 Å². The van der Waals surface area contributed by atoms with Crippen molar-refractivity contribution in [2.24, 2.45) is 0 Å². The van der Waals surface area contributed by atoms with E-state index in [1.807, 2.05) is 0 Å². The van der Waals surface area contributed by atoms with Crippen molar-refractivity contribution in [3.8, 4) is 63.1 Å². The van der Waals surface area contributed by atoms with E-state index in [-0.39, 0.29) is 11.1 Å². The van der Waals surface area contributed by atoms with Crippen LogP contribution in [-0.2, 0) is 4.74 Å². The van der Waals surface area contributed by atoms with E-state index in [0.717, 1.165) is 30.3 Å². The van der Waals surface area contributed by atoms with Crippen LogP contribution in [0.5, 0.6) is 51.7 Å². The van der Waals surface area contributed by atoms with Gasteiger partial charge in [-0.2, -0.15) is 0 Å². The van der Waals surface area contributed by atoms with Gasteiger partial charge in [0.05, 0.1) is 11.7 Å². The highest BCUT2D eigenvalue weighted by Crippen LogP contribution is 2.47. The van der Waals surface area contributed by atoms with E-state index < -0.39 is 116 Å². The minimum absolute atomic E-state index is 0.183. The molecular formula is C29H26O16. The van der Waals surface area contributed by atoms with Gasteiger partial charge in [0.2, 0.25) is 23.2 Å².